The summed E-state index contributed by atoms with van der Waals surface area (Å²) in [7, 11) is -2.52. The minimum atomic E-state index is -3.92. The Morgan fingerprint density at radius 1 is 1.39 bits per heavy atom. The summed E-state index contributed by atoms with van der Waals surface area (Å²) in [5, 5.41) is 12.0. The Labute approximate surface area is 160 Å². The molecule has 13 heteroatoms. The first kappa shape index (κ1) is 21.2. The molecule has 0 aliphatic heterocycles. The molecule has 0 atom stereocenters. The molecule has 0 unspecified atom stereocenters. The predicted octanol–water partition coefficient (Wildman–Crippen LogP) is -0.320. The number of ether oxygens (including phenoxy) is 1. The lowest BCUT2D eigenvalue weighted by molar-refractivity contribution is -0.127. The zero-order valence-corrected chi connectivity index (χ0v) is 15.9. The summed E-state index contributed by atoms with van der Waals surface area (Å²) in [6, 6.07) is 4.20. The van der Waals surface area contributed by atoms with Crippen LogP contribution in [0.4, 0.5) is 10.1 Å². The monoisotopic (exact) mass is 414 g/mol. The second-order valence-electron chi connectivity index (χ2n) is 5.82. The fourth-order valence-electron chi connectivity index (χ4n) is 2.01. The van der Waals surface area contributed by atoms with Gasteiger partial charge in [-0.15, -0.1) is 0 Å². The number of carbonyl (C=O) groups excluding carboxylic acids is 1. The zero-order valence-electron chi connectivity index (χ0n) is 15.1. The van der Waals surface area contributed by atoms with E-state index in [1.807, 2.05) is 0 Å². The third-order valence-electron chi connectivity index (χ3n) is 3.51. The van der Waals surface area contributed by atoms with Crippen LogP contribution in [-0.2, 0) is 14.8 Å². The first-order valence-corrected chi connectivity index (χ1v) is 9.59. The zero-order chi connectivity index (χ0) is 20.9. The van der Waals surface area contributed by atoms with Crippen LogP contribution >= 0.6 is 0 Å². The van der Waals surface area contributed by atoms with Crippen LogP contribution < -0.4 is 15.6 Å². The van der Waals surface area contributed by atoms with Gasteiger partial charge in [-0.3, -0.25) is 4.79 Å². The molecule has 1 amide bonds. The maximum Gasteiger partial charge on any atom is 0.287 e. The quantitative estimate of drug-likeness (QED) is 0.438. The number of amides is 1. The van der Waals surface area contributed by atoms with Crippen molar-refractivity contribution in [1.82, 2.24) is 15.2 Å². The molecular formula is C15H19FN6O5S. The summed E-state index contributed by atoms with van der Waals surface area (Å²) in [6.07, 6.45) is 0. The van der Waals surface area contributed by atoms with E-state index in [1.54, 1.807) is 6.92 Å². The molecule has 1 aromatic carbocycles. The van der Waals surface area contributed by atoms with Gasteiger partial charge in [0.15, 0.2) is 5.84 Å². The summed E-state index contributed by atoms with van der Waals surface area (Å²) >= 11 is 0. The number of primary sulfonamides is 1. The minimum Gasteiger partial charge on any atom is -0.472 e. The normalized spacial score (nSPS) is 12.1. The van der Waals surface area contributed by atoms with Crippen molar-refractivity contribution in [3.05, 3.63) is 35.3 Å². The van der Waals surface area contributed by atoms with E-state index in [0.717, 1.165) is 4.90 Å². The lowest BCUT2D eigenvalue weighted by Crippen LogP contribution is -2.37. The number of hydrogen-bond acceptors (Lipinski definition) is 8. The lowest BCUT2D eigenvalue weighted by Gasteiger charge is -2.16. The Balaban J connectivity index is 2.00. The number of aryl methyl sites for hydroxylation is 1. The van der Waals surface area contributed by atoms with Gasteiger partial charge < -0.3 is 15.4 Å². The number of nitrogens with zero attached hydrogens (tertiary/aromatic N) is 4. The Kier molecular flexibility index (Phi) is 6.64. The van der Waals surface area contributed by atoms with Gasteiger partial charge in [0.1, 0.15) is 18.2 Å². The first-order valence-electron chi connectivity index (χ1n) is 7.87. The summed E-state index contributed by atoms with van der Waals surface area (Å²) in [5.74, 6) is -1.99. The second kappa shape index (κ2) is 8.75. The molecule has 0 aliphatic carbocycles. The largest absolute Gasteiger partial charge is 0.472 e. The van der Waals surface area contributed by atoms with Crippen molar-refractivity contribution in [2.75, 3.05) is 26.0 Å². The molecule has 0 bridgehead atoms. The number of rotatable bonds is 8. The van der Waals surface area contributed by atoms with Crippen LogP contribution in [0.15, 0.2) is 27.8 Å². The van der Waals surface area contributed by atoms with Crippen LogP contribution in [0.5, 0.6) is 5.88 Å². The van der Waals surface area contributed by atoms with E-state index in [2.05, 4.69) is 19.9 Å². The average molecular weight is 414 g/mol. The molecule has 28 heavy (non-hydrogen) atoms. The second-order valence-corrected chi connectivity index (χ2v) is 7.43. The lowest BCUT2D eigenvalue weighted by atomic mass is 10.2. The first-order chi connectivity index (χ1) is 13.1. The number of sulfonamides is 1. The molecule has 0 spiro atoms. The Morgan fingerprint density at radius 2 is 2.11 bits per heavy atom. The van der Waals surface area contributed by atoms with Crippen molar-refractivity contribution in [2.45, 2.75) is 6.92 Å². The number of carbonyl (C=O) groups is 1. The maximum absolute atomic E-state index is 13.3. The molecule has 1 aromatic heterocycles. The molecule has 0 fully saturated rings. The molecule has 1 heterocycles. The van der Waals surface area contributed by atoms with Crippen molar-refractivity contribution >= 4 is 27.5 Å². The van der Waals surface area contributed by atoms with Crippen LogP contribution in [0.25, 0.3) is 0 Å². The Hall–Kier alpha value is -3.06. The van der Waals surface area contributed by atoms with Crippen molar-refractivity contribution in [3.63, 3.8) is 0 Å². The molecule has 0 aliphatic rings. The summed E-state index contributed by atoms with van der Waals surface area (Å²) in [5.41, 5.74) is 6.71. The van der Waals surface area contributed by atoms with Gasteiger partial charge in [0.2, 0.25) is 21.6 Å². The number of benzene rings is 1. The molecule has 4 N–H and O–H groups in total. The van der Waals surface area contributed by atoms with E-state index in [9.17, 15) is 17.6 Å². The predicted molar refractivity (Wildman–Crippen MR) is 96.9 cm³/mol. The Bertz CT molecular complexity index is 991. The number of aromatic nitrogens is 2. The molecular weight excluding hydrogens is 395 g/mol. The Morgan fingerprint density at radius 3 is 2.75 bits per heavy atom. The van der Waals surface area contributed by atoms with Gasteiger partial charge in [-0.2, -0.15) is 0 Å². The molecule has 0 radical (unpaired) electrons. The standard InChI is InChI=1S/C15H19FN6O5S/c1-9-7-10(3-4-11(9)16)19-14(17)13-15(21-27-20-13)26-6-5-22(2)12(23)8-28(18,24)25/h3-4,7H,5-6,8H2,1-2H3,(H2,17,19)(H2,18,24,25). The molecule has 11 nitrogen and oxygen atoms in total. The van der Waals surface area contributed by atoms with Crippen LogP contribution in [0.3, 0.4) is 0 Å². The van der Waals surface area contributed by atoms with Crippen molar-refractivity contribution < 1.29 is 27.0 Å². The molecule has 152 valence electrons. The van der Waals surface area contributed by atoms with E-state index < -0.39 is 21.7 Å². The van der Waals surface area contributed by atoms with Gasteiger partial charge in [-0.1, -0.05) is 0 Å². The van der Waals surface area contributed by atoms with Gasteiger partial charge >= 0.3 is 0 Å². The van der Waals surface area contributed by atoms with Gasteiger partial charge in [0.25, 0.3) is 5.88 Å². The number of aliphatic imine (C=N–C) groups is 1. The third kappa shape index (κ3) is 5.99. The third-order valence-corrected chi connectivity index (χ3v) is 4.16. The number of nitrogens with two attached hydrogens (primary N) is 2. The molecule has 0 saturated carbocycles. The highest BCUT2D eigenvalue weighted by Gasteiger charge is 2.18. The van der Waals surface area contributed by atoms with E-state index in [-0.39, 0.29) is 36.4 Å². The molecule has 2 aromatic rings. The van der Waals surface area contributed by atoms with Crippen molar-refractivity contribution in [1.29, 1.82) is 0 Å². The maximum atomic E-state index is 13.3. The molecule has 0 saturated heterocycles. The fraction of sp³-hybridized carbons (Fsp3) is 0.333. The number of amidine groups is 1. The smallest absolute Gasteiger partial charge is 0.287 e. The van der Waals surface area contributed by atoms with E-state index in [0.29, 0.717) is 11.3 Å². The highest BCUT2D eigenvalue weighted by Crippen LogP contribution is 2.19. The summed E-state index contributed by atoms with van der Waals surface area (Å²) in [6.45, 7) is 1.59. The van der Waals surface area contributed by atoms with Crippen LogP contribution in [0.1, 0.15) is 11.3 Å². The van der Waals surface area contributed by atoms with Crippen LogP contribution in [0.2, 0.25) is 0 Å². The average Bonchev–Trinajstić information content (AvgIpc) is 3.05. The summed E-state index contributed by atoms with van der Waals surface area (Å²) in [4.78, 5) is 16.9. The van der Waals surface area contributed by atoms with Gasteiger partial charge in [-0.25, -0.2) is 27.6 Å². The topological polar surface area (TPSA) is 167 Å². The number of hydrogen-bond donors (Lipinski definition) is 2. The van der Waals surface area contributed by atoms with E-state index >= 15 is 0 Å². The fourth-order valence-corrected chi connectivity index (χ4v) is 2.57. The number of likely N-dealkylation sites (N-methyl/N-ethyl adjacent to an activating group) is 1. The van der Waals surface area contributed by atoms with Gasteiger partial charge in [0, 0.05) is 7.05 Å². The minimum absolute atomic E-state index is 0.0282. The van der Waals surface area contributed by atoms with Crippen LogP contribution in [0, 0.1) is 12.7 Å². The van der Waals surface area contributed by atoms with Crippen molar-refractivity contribution in [3.8, 4) is 5.88 Å². The van der Waals surface area contributed by atoms with Gasteiger partial charge in [0.05, 0.1) is 12.2 Å². The van der Waals surface area contributed by atoms with Crippen molar-refractivity contribution in [2.24, 2.45) is 15.9 Å². The van der Waals surface area contributed by atoms with E-state index in [1.165, 1.54) is 25.2 Å². The SMILES string of the molecule is Cc1cc(N=C(N)c2nonc2OCCN(C)C(=O)CS(N)(=O)=O)ccc1F. The van der Waals surface area contributed by atoms with Gasteiger partial charge in [-0.05, 0) is 41.0 Å². The van der Waals surface area contributed by atoms with Crippen LogP contribution in [-0.4, -0.2) is 61.3 Å². The number of halogens is 1. The summed E-state index contributed by atoms with van der Waals surface area (Å²) < 4.78 is 45.2. The highest BCUT2D eigenvalue weighted by molar-refractivity contribution is 7.89. The molecule has 2 rings (SSSR count). The van der Waals surface area contributed by atoms with E-state index in [4.69, 9.17) is 15.6 Å². The highest BCUT2D eigenvalue weighted by atomic mass is 32.2.